The predicted molar refractivity (Wildman–Crippen MR) is 102 cm³/mol. The number of benzene rings is 1. The summed E-state index contributed by atoms with van der Waals surface area (Å²) in [6.45, 7) is -0.0320. The average molecular weight is 430 g/mol. The van der Waals surface area contributed by atoms with Crippen molar-refractivity contribution in [1.29, 1.82) is 0 Å². The Kier molecular flexibility index (Phi) is 6.56. The summed E-state index contributed by atoms with van der Waals surface area (Å²) in [4.78, 5) is 10.7. The molecule has 3 rings (SSSR count). The van der Waals surface area contributed by atoms with E-state index in [4.69, 9.17) is 37.8 Å². The highest BCUT2D eigenvalue weighted by Gasteiger charge is 2.28. The van der Waals surface area contributed by atoms with Crippen LogP contribution in [-0.2, 0) is 29.2 Å². The standard InChI is InChI=1S/C18H18Cl2FN3O4/c1-27-9-24-16-8-28-7-12(14(21)6-22-18(25)26)17(16)15(23-24)4-10-2-3-11(19)5-13(10)20/h2-3,5,22H,4,6-9H2,1H3,(H,25,26). The minimum atomic E-state index is -1.31. The van der Waals surface area contributed by atoms with E-state index in [1.165, 1.54) is 7.11 Å². The van der Waals surface area contributed by atoms with Gasteiger partial charge in [-0.2, -0.15) is 5.10 Å². The molecule has 0 saturated carbocycles. The number of amides is 1. The van der Waals surface area contributed by atoms with Gasteiger partial charge in [0.2, 0.25) is 0 Å². The van der Waals surface area contributed by atoms with Crippen LogP contribution in [0.15, 0.2) is 24.0 Å². The zero-order valence-corrected chi connectivity index (χ0v) is 16.5. The largest absolute Gasteiger partial charge is 0.465 e. The topological polar surface area (TPSA) is 85.6 Å². The number of ether oxygens (including phenoxy) is 2. The molecular weight excluding hydrogens is 412 g/mol. The number of methoxy groups -OCH3 is 1. The van der Waals surface area contributed by atoms with Gasteiger partial charge < -0.3 is 19.9 Å². The molecule has 0 unspecified atom stereocenters. The molecule has 0 saturated heterocycles. The molecule has 7 nitrogen and oxygen atoms in total. The van der Waals surface area contributed by atoms with Gasteiger partial charge in [-0.25, -0.2) is 13.9 Å². The van der Waals surface area contributed by atoms with Crippen molar-refractivity contribution in [2.24, 2.45) is 0 Å². The van der Waals surface area contributed by atoms with E-state index in [-0.39, 0.29) is 25.5 Å². The fourth-order valence-electron chi connectivity index (χ4n) is 3.04. The maximum absolute atomic E-state index is 14.7. The molecule has 1 aromatic heterocycles. The van der Waals surface area contributed by atoms with Crippen LogP contribution in [0.3, 0.4) is 0 Å². The van der Waals surface area contributed by atoms with Gasteiger partial charge in [-0.15, -0.1) is 0 Å². The van der Waals surface area contributed by atoms with E-state index in [1.54, 1.807) is 22.9 Å². The molecular formula is C18H18Cl2FN3O4. The molecule has 2 heterocycles. The molecule has 1 aliphatic heterocycles. The molecule has 2 N–H and O–H groups in total. The minimum absolute atomic E-state index is 0.0140. The van der Waals surface area contributed by atoms with Crippen molar-refractivity contribution in [3.05, 3.63) is 56.6 Å². The predicted octanol–water partition coefficient (Wildman–Crippen LogP) is 3.86. The number of nitrogens with one attached hydrogen (secondary N) is 1. The van der Waals surface area contributed by atoms with E-state index in [2.05, 4.69) is 5.10 Å². The molecule has 2 aromatic rings. The van der Waals surface area contributed by atoms with E-state index >= 15 is 0 Å². The molecule has 0 fully saturated rings. The highest BCUT2D eigenvalue weighted by molar-refractivity contribution is 6.35. The lowest BCUT2D eigenvalue weighted by atomic mass is 9.97. The Balaban J connectivity index is 2.05. The monoisotopic (exact) mass is 429 g/mol. The van der Waals surface area contributed by atoms with Crippen LogP contribution < -0.4 is 5.32 Å². The summed E-state index contributed by atoms with van der Waals surface area (Å²) in [5, 5.41) is 16.3. The van der Waals surface area contributed by atoms with Crippen molar-refractivity contribution in [2.75, 3.05) is 20.3 Å². The van der Waals surface area contributed by atoms with Crippen LogP contribution in [-0.4, -0.2) is 41.2 Å². The van der Waals surface area contributed by atoms with Crippen LogP contribution in [0.5, 0.6) is 0 Å². The van der Waals surface area contributed by atoms with E-state index in [0.29, 0.717) is 33.4 Å². The highest BCUT2D eigenvalue weighted by atomic mass is 35.5. The molecule has 10 heteroatoms. The maximum atomic E-state index is 14.7. The second kappa shape index (κ2) is 8.91. The molecule has 1 amide bonds. The lowest BCUT2D eigenvalue weighted by Gasteiger charge is -2.19. The van der Waals surface area contributed by atoms with Crippen molar-refractivity contribution >= 4 is 34.9 Å². The van der Waals surface area contributed by atoms with Crippen molar-refractivity contribution < 1.29 is 23.8 Å². The SMILES string of the molecule is COCn1nc(Cc2ccc(Cl)cc2Cl)c2c1COCC2=C(F)CNC(=O)O. The summed E-state index contributed by atoms with van der Waals surface area (Å²) in [7, 11) is 1.53. The van der Waals surface area contributed by atoms with Crippen LogP contribution in [0.1, 0.15) is 22.5 Å². The molecule has 0 aliphatic carbocycles. The van der Waals surface area contributed by atoms with Crippen LogP contribution in [0.25, 0.3) is 5.57 Å². The lowest BCUT2D eigenvalue weighted by molar-refractivity contribution is 0.0974. The van der Waals surface area contributed by atoms with E-state index in [0.717, 1.165) is 5.56 Å². The minimum Gasteiger partial charge on any atom is -0.465 e. The van der Waals surface area contributed by atoms with E-state index in [9.17, 15) is 9.18 Å². The quantitative estimate of drug-likeness (QED) is 0.727. The first-order valence-corrected chi connectivity index (χ1v) is 9.10. The number of aromatic nitrogens is 2. The smallest absolute Gasteiger partial charge is 0.405 e. The summed E-state index contributed by atoms with van der Waals surface area (Å²) < 4.78 is 27.0. The molecule has 0 atom stereocenters. The Morgan fingerprint density at radius 2 is 2.21 bits per heavy atom. The third kappa shape index (κ3) is 4.47. The highest BCUT2D eigenvalue weighted by Crippen LogP contribution is 2.34. The van der Waals surface area contributed by atoms with Crippen LogP contribution in [0.2, 0.25) is 10.0 Å². The van der Waals surface area contributed by atoms with Crippen molar-refractivity contribution in [2.45, 2.75) is 19.8 Å². The van der Waals surface area contributed by atoms with Gasteiger partial charge in [0.05, 0.1) is 31.1 Å². The number of hydrogen-bond acceptors (Lipinski definition) is 4. The summed E-state index contributed by atoms with van der Waals surface area (Å²) in [6.07, 6.45) is -0.964. The van der Waals surface area contributed by atoms with Crippen LogP contribution in [0.4, 0.5) is 9.18 Å². The number of fused-ring (bicyclic) bond motifs is 1. The van der Waals surface area contributed by atoms with Gasteiger partial charge in [-0.05, 0) is 17.7 Å². The third-order valence-corrected chi connectivity index (χ3v) is 4.85. The zero-order chi connectivity index (χ0) is 20.3. The summed E-state index contributed by atoms with van der Waals surface area (Å²) >= 11 is 12.2. The van der Waals surface area contributed by atoms with Crippen molar-refractivity contribution in [1.82, 2.24) is 15.1 Å². The first-order chi connectivity index (χ1) is 13.4. The Bertz CT molecular complexity index is 930. The number of hydrogen-bond donors (Lipinski definition) is 2. The van der Waals surface area contributed by atoms with Crippen LogP contribution in [0, 0.1) is 0 Å². The van der Waals surface area contributed by atoms with Gasteiger partial charge in [-0.3, -0.25) is 0 Å². The summed E-state index contributed by atoms with van der Waals surface area (Å²) in [6, 6.07) is 5.14. The number of carbonyl (C=O) groups is 1. The fourth-order valence-corrected chi connectivity index (χ4v) is 3.52. The first kappa shape index (κ1) is 20.6. The van der Waals surface area contributed by atoms with Gasteiger partial charge in [0.1, 0.15) is 12.6 Å². The molecule has 0 bridgehead atoms. The van der Waals surface area contributed by atoms with Gasteiger partial charge >= 0.3 is 6.09 Å². The molecule has 1 aromatic carbocycles. The summed E-state index contributed by atoms with van der Waals surface area (Å²) in [5.74, 6) is -0.622. The number of halogens is 3. The number of rotatable bonds is 6. The van der Waals surface area contributed by atoms with Gasteiger partial charge in [0, 0.05) is 34.7 Å². The Morgan fingerprint density at radius 1 is 1.43 bits per heavy atom. The Hall–Kier alpha value is -2.13. The Labute approximate surface area is 170 Å². The second-order valence-corrected chi connectivity index (χ2v) is 6.98. The third-order valence-electron chi connectivity index (χ3n) is 4.26. The number of carboxylic acid groups (broad SMARTS) is 1. The average Bonchev–Trinajstić information content (AvgIpc) is 3.00. The van der Waals surface area contributed by atoms with E-state index in [1.807, 2.05) is 5.32 Å². The zero-order valence-electron chi connectivity index (χ0n) is 15.0. The second-order valence-electron chi connectivity index (χ2n) is 6.13. The molecule has 28 heavy (non-hydrogen) atoms. The van der Waals surface area contributed by atoms with Crippen molar-refractivity contribution in [3.8, 4) is 0 Å². The van der Waals surface area contributed by atoms with Gasteiger partial charge in [-0.1, -0.05) is 29.3 Å². The van der Waals surface area contributed by atoms with Crippen LogP contribution >= 0.6 is 23.2 Å². The lowest BCUT2D eigenvalue weighted by Crippen LogP contribution is -2.24. The van der Waals surface area contributed by atoms with Crippen molar-refractivity contribution in [3.63, 3.8) is 0 Å². The van der Waals surface area contributed by atoms with E-state index < -0.39 is 18.5 Å². The normalized spacial score (nSPS) is 15.3. The molecule has 0 radical (unpaired) electrons. The van der Waals surface area contributed by atoms with Gasteiger partial charge in [0.25, 0.3) is 0 Å². The first-order valence-electron chi connectivity index (χ1n) is 8.34. The molecule has 0 spiro atoms. The van der Waals surface area contributed by atoms with Gasteiger partial charge in [0.15, 0.2) is 0 Å². The molecule has 1 aliphatic rings. The number of nitrogens with zero attached hydrogens (tertiary/aromatic N) is 2. The molecule has 150 valence electrons. The fraction of sp³-hybridized carbons (Fsp3) is 0.333. The Morgan fingerprint density at radius 3 is 2.89 bits per heavy atom. The summed E-state index contributed by atoms with van der Waals surface area (Å²) in [5.41, 5.74) is 2.90. The maximum Gasteiger partial charge on any atom is 0.405 e.